The van der Waals surface area contributed by atoms with Gasteiger partial charge in [0.2, 0.25) is 0 Å². The second-order valence-corrected chi connectivity index (χ2v) is 4.75. The minimum Gasteiger partial charge on any atom is -0.392 e. The first-order valence-corrected chi connectivity index (χ1v) is 5.89. The summed E-state index contributed by atoms with van der Waals surface area (Å²) in [5.41, 5.74) is 2.20. The summed E-state index contributed by atoms with van der Waals surface area (Å²) >= 11 is 0. The third-order valence-electron chi connectivity index (χ3n) is 3.44. The van der Waals surface area contributed by atoms with Crippen molar-refractivity contribution in [3.05, 3.63) is 17.5 Å². The van der Waals surface area contributed by atoms with E-state index in [-0.39, 0.29) is 6.61 Å². The number of nitrogens with zero attached hydrogens (tertiary/aromatic N) is 2. The lowest BCUT2D eigenvalue weighted by molar-refractivity contribution is 0.180. The zero-order chi connectivity index (χ0) is 10.8. The molecule has 3 nitrogen and oxygen atoms in total. The van der Waals surface area contributed by atoms with E-state index in [4.69, 9.17) is 5.11 Å². The molecule has 0 unspecified atom stereocenters. The van der Waals surface area contributed by atoms with E-state index >= 15 is 0 Å². The van der Waals surface area contributed by atoms with Crippen LogP contribution in [0.15, 0.2) is 6.20 Å². The lowest BCUT2D eigenvalue weighted by Crippen LogP contribution is -2.26. The van der Waals surface area contributed by atoms with Gasteiger partial charge in [0.15, 0.2) is 0 Å². The summed E-state index contributed by atoms with van der Waals surface area (Å²) in [7, 11) is 0. The fraction of sp³-hybridized carbons (Fsp3) is 0.750. The predicted molar refractivity (Wildman–Crippen MR) is 59.4 cm³/mol. The predicted octanol–water partition coefficient (Wildman–Crippen LogP) is 1.98. The molecule has 1 aliphatic carbocycles. The number of aromatic nitrogens is 2. The standard InChI is InChI=1S/C12H20N2O/c1-3-12-11(8-15)6-13-14(12)7-10-4-9(2)5-10/h6,9-10,15H,3-5,7-8H2,1-2H3. The van der Waals surface area contributed by atoms with E-state index in [9.17, 15) is 0 Å². The molecule has 0 bridgehead atoms. The molecule has 0 aliphatic heterocycles. The van der Waals surface area contributed by atoms with Gasteiger partial charge in [-0.05, 0) is 31.1 Å². The van der Waals surface area contributed by atoms with Gasteiger partial charge in [0.05, 0.1) is 12.8 Å². The highest BCUT2D eigenvalue weighted by atomic mass is 16.3. The Balaban J connectivity index is 2.04. The van der Waals surface area contributed by atoms with Gasteiger partial charge in [0.25, 0.3) is 0 Å². The van der Waals surface area contributed by atoms with E-state index in [2.05, 4.69) is 23.6 Å². The smallest absolute Gasteiger partial charge is 0.0715 e. The molecule has 3 heteroatoms. The van der Waals surface area contributed by atoms with Crippen LogP contribution < -0.4 is 0 Å². The van der Waals surface area contributed by atoms with E-state index in [1.54, 1.807) is 6.20 Å². The van der Waals surface area contributed by atoms with Crippen molar-refractivity contribution >= 4 is 0 Å². The molecule has 0 spiro atoms. The Hall–Kier alpha value is -0.830. The van der Waals surface area contributed by atoms with Gasteiger partial charge in [-0.1, -0.05) is 13.8 Å². The van der Waals surface area contributed by atoms with Crippen LogP contribution in [0.1, 0.15) is 37.9 Å². The summed E-state index contributed by atoms with van der Waals surface area (Å²) in [6, 6.07) is 0. The SMILES string of the molecule is CCc1c(CO)cnn1CC1CC(C)C1. The molecular formula is C12H20N2O. The molecule has 2 rings (SSSR count). The lowest BCUT2D eigenvalue weighted by Gasteiger charge is -2.32. The average molecular weight is 208 g/mol. The molecule has 1 heterocycles. The van der Waals surface area contributed by atoms with E-state index in [0.717, 1.165) is 30.4 Å². The molecule has 0 radical (unpaired) electrons. The number of hydrogen-bond acceptors (Lipinski definition) is 2. The Bertz CT molecular complexity index is 326. The Labute approximate surface area is 91.1 Å². The van der Waals surface area contributed by atoms with E-state index in [1.165, 1.54) is 18.5 Å². The van der Waals surface area contributed by atoms with Crippen LogP contribution >= 0.6 is 0 Å². The second kappa shape index (κ2) is 4.35. The van der Waals surface area contributed by atoms with Crippen LogP contribution in [-0.2, 0) is 19.6 Å². The van der Waals surface area contributed by atoms with Gasteiger partial charge in [-0.2, -0.15) is 5.10 Å². The van der Waals surface area contributed by atoms with Crippen LogP contribution in [0.25, 0.3) is 0 Å². The summed E-state index contributed by atoms with van der Waals surface area (Å²) in [6.07, 6.45) is 5.42. The molecule has 1 fully saturated rings. The van der Waals surface area contributed by atoms with Crippen LogP contribution in [0.4, 0.5) is 0 Å². The lowest BCUT2D eigenvalue weighted by atomic mass is 9.76. The molecule has 1 N–H and O–H groups in total. The first-order valence-electron chi connectivity index (χ1n) is 5.89. The first-order chi connectivity index (χ1) is 7.24. The van der Waals surface area contributed by atoms with Gasteiger partial charge < -0.3 is 5.11 Å². The van der Waals surface area contributed by atoms with Crippen molar-refractivity contribution in [2.45, 2.75) is 46.3 Å². The maximum absolute atomic E-state index is 9.16. The third kappa shape index (κ3) is 2.07. The Morgan fingerprint density at radius 1 is 1.53 bits per heavy atom. The fourth-order valence-corrected chi connectivity index (χ4v) is 2.61. The van der Waals surface area contributed by atoms with Gasteiger partial charge >= 0.3 is 0 Å². The molecule has 1 aromatic heterocycles. The monoisotopic (exact) mass is 208 g/mol. The maximum atomic E-state index is 9.16. The number of aliphatic hydroxyl groups is 1. The van der Waals surface area contributed by atoms with Crippen molar-refractivity contribution < 1.29 is 5.11 Å². The molecule has 1 aromatic rings. The minimum absolute atomic E-state index is 0.115. The third-order valence-corrected chi connectivity index (χ3v) is 3.44. The van der Waals surface area contributed by atoms with Gasteiger partial charge in [-0.3, -0.25) is 4.68 Å². The summed E-state index contributed by atoms with van der Waals surface area (Å²) < 4.78 is 2.09. The van der Waals surface area contributed by atoms with Gasteiger partial charge in [0, 0.05) is 17.8 Å². The topological polar surface area (TPSA) is 38.1 Å². The van der Waals surface area contributed by atoms with Crippen molar-refractivity contribution in [2.75, 3.05) is 0 Å². The summed E-state index contributed by atoms with van der Waals surface area (Å²) in [4.78, 5) is 0. The molecule has 0 aromatic carbocycles. The summed E-state index contributed by atoms with van der Waals surface area (Å²) in [6.45, 7) is 5.58. The van der Waals surface area contributed by atoms with E-state index in [1.807, 2.05) is 0 Å². The van der Waals surface area contributed by atoms with Crippen molar-refractivity contribution in [2.24, 2.45) is 11.8 Å². The van der Waals surface area contributed by atoms with Crippen LogP contribution in [0.5, 0.6) is 0 Å². The Morgan fingerprint density at radius 2 is 2.27 bits per heavy atom. The molecule has 1 aliphatic rings. The summed E-state index contributed by atoms with van der Waals surface area (Å²) in [5, 5.41) is 13.5. The fourth-order valence-electron chi connectivity index (χ4n) is 2.61. The zero-order valence-electron chi connectivity index (χ0n) is 9.61. The van der Waals surface area contributed by atoms with E-state index < -0.39 is 0 Å². The highest BCUT2D eigenvalue weighted by Crippen LogP contribution is 2.34. The molecule has 0 saturated heterocycles. The summed E-state index contributed by atoms with van der Waals surface area (Å²) in [5.74, 6) is 1.70. The minimum atomic E-state index is 0.115. The second-order valence-electron chi connectivity index (χ2n) is 4.75. The van der Waals surface area contributed by atoms with Crippen molar-refractivity contribution in [1.82, 2.24) is 9.78 Å². The van der Waals surface area contributed by atoms with Crippen LogP contribution in [0.3, 0.4) is 0 Å². The molecule has 0 atom stereocenters. The van der Waals surface area contributed by atoms with Gasteiger partial charge in [0.1, 0.15) is 0 Å². The molecule has 0 amide bonds. The zero-order valence-corrected chi connectivity index (χ0v) is 9.61. The van der Waals surface area contributed by atoms with Crippen LogP contribution in [-0.4, -0.2) is 14.9 Å². The Morgan fingerprint density at radius 3 is 2.80 bits per heavy atom. The maximum Gasteiger partial charge on any atom is 0.0715 e. The normalized spacial score (nSPS) is 25.3. The number of rotatable bonds is 4. The largest absolute Gasteiger partial charge is 0.392 e. The Kier molecular flexibility index (Phi) is 3.10. The van der Waals surface area contributed by atoms with Gasteiger partial charge in [-0.15, -0.1) is 0 Å². The highest BCUT2D eigenvalue weighted by molar-refractivity contribution is 5.16. The van der Waals surface area contributed by atoms with Crippen molar-refractivity contribution in [3.63, 3.8) is 0 Å². The number of aliphatic hydroxyl groups excluding tert-OH is 1. The number of hydrogen-bond donors (Lipinski definition) is 1. The molecular weight excluding hydrogens is 188 g/mol. The highest BCUT2D eigenvalue weighted by Gasteiger charge is 2.26. The van der Waals surface area contributed by atoms with Crippen LogP contribution in [0, 0.1) is 11.8 Å². The van der Waals surface area contributed by atoms with Crippen molar-refractivity contribution in [3.8, 4) is 0 Å². The first kappa shape index (κ1) is 10.7. The molecule has 15 heavy (non-hydrogen) atoms. The molecule has 84 valence electrons. The van der Waals surface area contributed by atoms with Gasteiger partial charge in [-0.25, -0.2) is 0 Å². The quantitative estimate of drug-likeness (QED) is 0.821. The molecule has 1 saturated carbocycles. The van der Waals surface area contributed by atoms with Crippen molar-refractivity contribution in [1.29, 1.82) is 0 Å². The van der Waals surface area contributed by atoms with Crippen LogP contribution in [0.2, 0.25) is 0 Å². The van der Waals surface area contributed by atoms with E-state index in [0.29, 0.717) is 0 Å². The average Bonchev–Trinajstić information content (AvgIpc) is 2.57.